The molecule has 0 aromatic carbocycles. The lowest BCUT2D eigenvalue weighted by Crippen LogP contribution is -2.55. The van der Waals surface area contributed by atoms with E-state index in [0.29, 0.717) is 5.56 Å². The molecular weight excluding hydrogens is 320 g/mol. The van der Waals surface area contributed by atoms with E-state index >= 15 is 0 Å². The summed E-state index contributed by atoms with van der Waals surface area (Å²) in [6, 6.07) is 1.87. The van der Waals surface area contributed by atoms with Crippen LogP contribution in [0.5, 0.6) is 0 Å². The van der Waals surface area contributed by atoms with Crippen LogP contribution < -0.4 is 5.32 Å². The van der Waals surface area contributed by atoms with Gasteiger partial charge in [-0.25, -0.2) is 4.99 Å². The standard InChI is InChI=1S/C18H24N4O3/c1-4-8-20-18(19-3)21-15(23)10-22-14-7-6-12(14)16-13(17(22)24)9-11(5-2)25-16/h8-9,12,14H,4-7,10H2,1-3H3,(H,19,21,23)/b20-8-. The van der Waals surface area contributed by atoms with E-state index in [2.05, 4.69) is 15.3 Å². The summed E-state index contributed by atoms with van der Waals surface area (Å²) in [5.41, 5.74) is 0.610. The Balaban J connectivity index is 1.73. The molecule has 1 aromatic heterocycles. The quantitative estimate of drug-likeness (QED) is 0.670. The van der Waals surface area contributed by atoms with Crippen molar-refractivity contribution in [2.75, 3.05) is 13.6 Å². The summed E-state index contributed by atoms with van der Waals surface area (Å²) in [5.74, 6) is 1.69. The number of furan rings is 1. The summed E-state index contributed by atoms with van der Waals surface area (Å²) >= 11 is 0. The molecular formula is C18H24N4O3. The van der Waals surface area contributed by atoms with Crippen LogP contribution >= 0.6 is 0 Å². The summed E-state index contributed by atoms with van der Waals surface area (Å²) in [7, 11) is 1.57. The lowest BCUT2D eigenvalue weighted by atomic mass is 9.73. The van der Waals surface area contributed by atoms with Gasteiger partial charge in [0.25, 0.3) is 5.91 Å². The van der Waals surface area contributed by atoms with Crippen molar-refractivity contribution in [3.8, 4) is 0 Å². The Morgan fingerprint density at radius 2 is 2.24 bits per heavy atom. The number of rotatable bonds is 4. The van der Waals surface area contributed by atoms with Crippen molar-refractivity contribution in [2.24, 2.45) is 9.98 Å². The van der Waals surface area contributed by atoms with Crippen molar-refractivity contribution >= 4 is 24.0 Å². The number of nitrogens with one attached hydrogen (secondary N) is 1. The SMILES string of the molecule is CC/C=N\C(=NC)NC(=O)CN1C(=O)c2cc(CC)oc2C2CCC21. The summed E-state index contributed by atoms with van der Waals surface area (Å²) in [4.78, 5) is 34.9. The minimum atomic E-state index is -0.282. The summed E-state index contributed by atoms with van der Waals surface area (Å²) < 4.78 is 5.85. The number of aryl methyl sites for hydroxylation is 1. The van der Waals surface area contributed by atoms with E-state index < -0.39 is 0 Å². The molecule has 1 aromatic rings. The fourth-order valence-electron chi connectivity index (χ4n) is 3.37. The zero-order chi connectivity index (χ0) is 18.0. The van der Waals surface area contributed by atoms with E-state index in [1.807, 2.05) is 19.9 Å². The average Bonchev–Trinajstić information content (AvgIpc) is 2.99. The van der Waals surface area contributed by atoms with Crippen LogP contribution in [-0.4, -0.2) is 48.5 Å². The van der Waals surface area contributed by atoms with Crippen LogP contribution in [0.25, 0.3) is 0 Å². The first-order valence-corrected chi connectivity index (χ1v) is 8.81. The summed E-state index contributed by atoms with van der Waals surface area (Å²) in [5, 5.41) is 2.66. The summed E-state index contributed by atoms with van der Waals surface area (Å²) in [6.45, 7) is 3.96. The molecule has 2 aliphatic rings. The second-order valence-corrected chi connectivity index (χ2v) is 6.34. The number of carbonyl (C=O) groups is 2. The molecule has 2 heterocycles. The maximum atomic E-state index is 12.8. The smallest absolute Gasteiger partial charge is 0.258 e. The van der Waals surface area contributed by atoms with Gasteiger partial charge in [0.05, 0.1) is 5.56 Å². The molecule has 1 aliphatic heterocycles. The normalized spacial score (nSPS) is 22.6. The van der Waals surface area contributed by atoms with E-state index in [9.17, 15) is 9.59 Å². The number of hydrogen-bond acceptors (Lipinski definition) is 4. The largest absolute Gasteiger partial charge is 0.465 e. The molecule has 0 saturated heterocycles. The molecule has 7 nitrogen and oxygen atoms in total. The predicted molar refractivity (Wildman–Crippen MR) is 95.2 cm³/mol. The van der Waals surface area contributed by atoms with Gasteiger partial charge in [-0.3, -0.25) is 19.9 Å². The molecule has 0 radical (unpaired) electrons. The van der Waals surface area contributed by atoms with Crippen molar-refractivity contribution in [2.45, 2.75) is 51.5 Å². The van der Waals surface area contributed by atoms with Gasteiger partial charge >= 0.3 is 0 Å². The van der Waals surface area contributed by atoms with Gasteiger partial charge in [-0.05, 0) is 25.3 Å². The number of amides is 2. The van der Waals surface area contributed by atoms with Crippen LogP contribution in [0.15, 0.2) is 20.5 Å². The Labute approximate surface area is 147 Å². The fourth-order valence-corrected chi connectivity index (χ4v) is 3.37. The lowest BCUT2D eigenvalue weighted by Gasteiger charge is -2.46. The molecule has 7 heteroatoms. The van der Waals surface area contributed by atoms with E-state index in [1.165, 1.54) is 0 Å². The third-order valence-electron chi connectivity index (χ3n) is 4.80. The van der Waals surface area contributed by atoms with Gasteiger partial charge in [0.2, 0.25) is 11.9 Å². The van der Waals surface area contributed by atoms with Crippen LogP contribution in [-0.2, 0) is 11.2 Å². The van der Waals surface area contributed by atoms with E-state index in [0.717, 1.165) is 37.2 Å². The second kappa shape index (κ2) is 7.21. The van der Waals surface area contributed by atoms with Gasteiger partial charge in [-0.15, -0.1) is 0 Å². The third kappa shape index (κ3) is 3.23. The maximum Gasteiger partial charge on any atom is 0.258 e. The highest BCUT2D eigenvalue weighted by Gasteiger charge is 2.48. The highest BCUT2D eigenvalue weighted by Crippen LogP contribution is 2.46. The lowest BCUT2D eigenvalue weighted by molar-refractivity contribution is -0.121. The zero-order valence-corrected chi connectivity index (χ0v) is 14.9. The zero-order valence-electron chi connectivity index (χ0n) is 14.9. The van der Waals surface area contributed by atoms with Crippen molar-refractivity contribution < 1.29 is 14.0 Å². The fraction of sp³-hybridized carbons (Fsp3) is 0.556. The minimum Gasteiger partial charge on any atom is -0.465 e. The van der Waals surface area contributed by atoms with Gasteiger partial charge in [0.15, 0.2) is 0 Å². The number of aliphatic imine (C=N–C) groups is 2. The molecule has 1 fully saturated rings. The Bertz CT molecular complexity index is 735. The summed E-state index contributed by atoms with van der Waals surface area (Å²) in [6.07, 6.45) is 5.08. The number of guanidine groups is 1. The molecule has 0 bridgehead atoms. The molecule has 1 saturated carbocycles. The first-order chi connectivity index (χ1) is 12.1. The monoisotopic (exact) mass is 344 g/mol. The molecule has 1 N–H and O–H groups in total. The van der Waals surface area contributed by atoms with Crippen LogP contribution in [0, 0.1) is 0 Å². The van der Waals surface area contributed by atoms with Gasteiger partial charge in [-0.2, -0.15) is 0 Å². The number of fused-ring (bicyclic) bond motifs is 3. The van der Waals surface area contributed by atoms with Crippen LogP contribution in [0.4, 0.5) is 0 Å². The van der Waals surface area contributed by atoms with Crippen LogP contribution in [0.2, 0.25) is 0 Å². The highest BCUT2D eigenvalue weighted by molar-refractivity contribution is 6.03. The third-order valence-corrected chi connectivity index (χ3v) is 4.80. The average molecular weight is 344 g/mol. The van der Waals surface area contributed by atoms with E-state index in [1.54, 1.807) is 18.2 Å². The van der Waals surface area contributed by atoms with Crippen LogP contribution in [0.3, 0.4) is 0 Å². The molecule has 2 atom stereocenters. The first-order valence-electron chi connectivity index (χ1n) is 8.81. The molecule has 1 aliphatic carbocycles. The van der Waals surface area contributed by atoms with Gasteiger partial charge in [-0.1, -0.05) is 13.8 Å². The van der Waals surface area contributed by atoms with Gasteiger partial charge in [0.1, 0.15) is 18.1 Å². The number of hydrogen-bond donors (Lipinski definition) is 1. The molecule has 25 heavy (non-hydrogen) atoms. The Morgan fingerprint density at radius 3 is 2.84 bits per heavy atom. The molecule has 2 unspecified atom stereocenters. The van der Waals surface area contributed by atoms with Crippen LogP contribution in [0.1, 0.15) is 60.9 Å². The van der Waals surface area contributed by atoms with E-state index in [-0.39, 0.29) is 36.3 Å². The van der Waals surface area contributed by atoms with Crippen molar-refractivity contribution in [3.63, 3.8) is 0 Å². The molecule has 134 valence electrons. The molecule has 3 rings (SSSR count). The van der Waals surface area contributed by atoms with Crippen molar-refractivity contribution in [1.82, 2.24) is 10.2 Å². The predicted octanol–water partition coefficient (Wildman–Crippen LogP) is 2.13. The Hall–Kier alpha value is -2.44. The van der Waals surface area contributed by atoms with Crippen molar-refractivity contribution in [1.29, 1.82) is 0 Å². The topological polar surface area (TPSA) is 87.3 Å². The molecule has 2 amide bonds. The number of nitrogens with zero attached hydrogens (tertiary/aromatic N) is 3. The Kier molecular flexibility index (Phi) is 5.01. The first kappa shape index (κ1) is 17.4. The van der Waals surface area contributed by atoms with Gasteiger partial charge < -0.3 is 9.32 Å². The maximum absolute atomic E-state index is 12.8. The van der Waals surface area contributed by atoms with E-state index in [4.69, 9.17) is 4.42 Å². The van der Waals surface area contributed by atoms with Gasteiger partial charge in [0, 0.05) is 31.6 Å². The molecule has 0 spiro atoms. The number of carbonyl (C=O) groups excluding carboxylic acids is 2. The second-order valence-electron chi connectivity index (χ2n) is 6.34. The van der Waals surface area contributed by atoms with Crippen molar-refractivity contribution in [3.05, 3.63) is 23.2 Å². The Morgan fingerprint density at radius 1 is 1.44 bits per heavy atom. The minimum absolute atomic E-state index is 0.00669. The highest BCUT2D eigenvalue weighted by atomic mass is 16.3.